The van der Waals surface area contributed by atoms with Gasteiger partial charge in [0, 0.05) is 12.8 Å². The van der Waals surface area contributed by atoms with E-state index in [4.69, 9.17) is 4.74 Å². The van der Waals surface area contributed by atoms with Crippen LogP contribution in [-0.2, 0) is 14.3 Å². The number of rotatable bonds is 52. The van der Waals surface area contributed by atoms with Gasteiger partial charge in [-0.25, -0.2) is 0 Å². The Labute approximate surface area is 409 Å². The molecule has 0 spiro atoms. The predicted octanol–water partition coefficient (Wildman–Crippen LogP) is 17.6. The van der Waals surface area contributed by atoms with Gasteiger partial charge in [0.05, 0.1) is 25.4 Å². The highest BCUT2D eigenvalue weighted by atomic mass is 16.5. The van der Waals surface area contributed by atoms with Crippen LogP contribution in [0.5, 0.6) is 0 Å². The third-order valence-corrected chi connectivity index (χ3v) is 12.8. The largest absolute Gasteiger partial charge is 0.466 e. The van der Waals surface area contributed by atoms with Gasteiger partial charge >= 0.3 is 5.97 Å². The molecule has 0 aromatic heterocycles. The maximum Gasteiger partial charge on any atom is 0.305 e. The summed E-state index contributed by atoms with van der Waals surface area (Å²) in [5.74, 6) is -0.128. The van der Waals surface area contributed by atoms with Crippen LogP contribution < -0.4 is 5.32 Å². The summed E-state index contributed by atoms with van der Waals surface area (Å²) in [7, 11) is 0. The molecule has 1 amide bonds. The summed E-state index contributed by atoms with van der Waals surface area (Å²) in [5, 5.41) is 23.1. The van der Waals surface area contributed by atoms with Gasteiger partial charge in [-0.1, -0.05) is 235 Å². The van der Waals surface area contributed by atoms with Crippen molar-refractivity contribution in [3.63, 3.8) is 0 Å². The lowest BCUT2D eigenvalue weighted by Crippen LogP contribution is -2.45. The van der Waals surface area contributed by atoms with E-state index in [1.807, 2.05) is 6.08 Å². The average molecular weight is 925 g/mol. The van der Waals surface area contributed by atoms with Gasteiger partial charge in [-0.15, -0.1) is 0 Å². The van der Waals surface area contributed by atoms with E-state index in [0.717, 1.165) is 89.9 Å². The number of aliphatic hydroxyl groups excluding tert-OH is 2. The van der Waals surface area contributed by atoms with Crippen LogP contribution in [0.3, 0.4) is 0 Å². The highest BCUT2D eigenvalue weighted by Crippen LogP contribution is 2.16. The van der Waals surface area contributed by atoms with Crippen molar-refractivity contribution in [2.24, 2.45) is 0 Å². The fourth-order valence-electron chi connectivity index (χ4n) is 8.36. The lowest BCUT2D eigenvalue weighted by Gasteiger charge is -2.20. The lowest BCUT2D eigenvalue weighted by molar-refractivity contribution is -0.143. The van der Waals surface area contributed by atoms with Crippen LogP contribution in [0.4, 0.5) is 0 Å². The van der Waals surface area contributed by atoms with Gasteiger partial charge in [0.25, 0.3) is 0 Å². The van der Waals surface area contributed by atoms with E-state index >= 15 is 0 Å². The Morgan fingerprint density at radius 2 is 0.803 bits per heavy atom. The monoisotopic (exact) mass is 924 g/mol. The minimum atomic E-state index is -0.861. The molecule has 2 unspecified atom stereocenters. The number of amides is 1. The van der Waals surface area contributed by atoms with E-state index in [-0.39, 0.29) is 18.5 Å². The van der Waals surface area contributed by atoms with Crippen LogP contribution in [-0.4, -0.2) is 47.4 Å². The van der Waals surface area contributed by atoms with E-state index < -0.39 is 12.1 Å². The van der Waals surface area contributed by atoms with Crippen LogP contribution >= 0.6 is 0 Å². The van der Waals surface area contributed by atoms with Crippen molar-refractivity contribution in [2.45, 2.75) is 296 Å². The third-order valence-electron chi connectivity index (χ3n) is 12.8. The van der Waals surface area contributed by atoms with Crippen LogP contribution in [0.15, 0.2) is 60.8 Å². The molecule has 6 heteroatoms. The van der Waals surface area contributed by atoms with Gasteiger partial charge in [0.2, 0.25) is 5.91 Å². The van der Waals surface area contributed by atoms with Crippen LogP contribution in [0.25, 0.3) is 0 Å². The second kappa shape index (κ2) is 55.2. The molecule has 0 aliphatic heterocycles. The van der Waals surface area contributed by atoms with E-state index in [9.17, 15) is 19.8 Å². The van der Waals surface area contributed by atoms with Gasteiger partial charge in [-0.2, -0.15) is 0 Å². The van der Waals surface area contributed by atoms with E-state index in [2.05, 4.69) is 67.8 Å². The number of allylic oxidation sites excluding steroid dienone is 9. The fraction of sp³-hybridized carbons (Fsp3) is 0.800. The first kappa shape index (κ1) is 63.6. The van der Waals surface area contributed by atoms with Crippen LogP contribution in [0.2, 0.25) is 0 Å². The average Bonchev–Trinajstić information content (AvgIpc) is 3.32. The van der Waals surface area contributed by atoms with Crippen molar-refractivity contribution in [2.75, 3.05) is 13.2 Å². The zero-order valence-corrected chi connectivity index (χ0v) is 43.7. The minimum Gasteiger partial charge on any atom is -0.466 e. The summed E-state index contributed by atoms with van der Waals surface area (Å²) in [6.45, 7) is 4.81. The molecule has 2 atom stereocenters. The topological polar surface area (TPSA) is 95.9 Å². The lowest BCUT2D eigenvalue weighted by atomic mass is 10.0. The molecular weight excluding hydrogens is 815 g/mol. The van der Waals surface area contributed by atoms with Gasteiger partial charge < -0.3 is 20.3 Å². The number of nitrogens with one attached hydrogen (secondary N) is 1. The molecule has 3 N–H and O–H groups in total. The molecule has 0 aromatic carbocycles. The van der Waals surface area contributed by atoms with Crippen LogP contribution in [0, 0.1) is 0 Å². The standard InChI is InChI=1S/C60H109NO5/c1-3-5-7-9-11-13-15-17-19-20-21-22-25-28-32-36-40-44-48-52-58(63)57(56-62)61-59(64)53-49-45-41-37-33-29-26-23-27-31-35-39-43-47-51-55-66-60(65)54-50-46-42-38-34-30-24-18-16-14-12-10-8-6-4-2/h12,14,18,23-24,27,31,35,48,52,57-58,62-63H,3-11,13,15-17,19-22,25-26,28-30,32-34,36-47,49-51,53-56H2,1-2H3,(H,61,64)/b14-12-,24-18-,27-23-,35-31-,52-48+. The van der Waals surface area contributed by atoms with Crippen molar-refractivity contribution in [3.8, 4) is 0 Å². The van der Waals surface area contributed by atoms with Crippen molar-refractivity contribution in [3.05, 3.63) is 60.8 Å². The number of carbonyl (C=O) groups excluding carboxylic acids is 2. The van der Waals surface area contributed by atoms with Gasteiger partial charge in [0.15, 0.2) is 0 Å². The van der Waals surface area contributed by atoms with Gasteiger partial charge in [-0.3, -0.25) is 9.59 Å². The van der Waals surface area contributed by atoms with E-state index in [1.165, 1.54) is 167 Å². The zero-order valence-electron chi connectivity index (χ0n) is 43.7. The molecule has 0 saturated carbocycles. The first-order valence-corrected chi connectivity index (χ1v) is 28.6. The highest BCUT2D eigenvalue weighted by molar-refractivity contribution is 5.76. The summed E-state index contributed by atoms with van der Waals surface area (Å²) < 4.78 is 5.44. The molecule has 0 heterocycles. The Bertz CT molecular complexity index is 1160. The summed E-state index contributed by atoms with van der Waals surface area (Å²) in [5.41, 5.74) is 0. The number of carbonyl (C=O) groups is 2. The minimum absolute atomic E-state index is 0.0375. The fourth-order valence-corrected chi connectivity index (χ4v) is 8.36. The maximum atomic E-state index is 12.5. The van der Waals surface area contributed by atoms with Crippen molar-refractivity contribution < 1.29 is 24.5 Å². The molecule has 0 radical (unpaired) electrons. The summed E-state index contributed by atoms with van der Waals surface area (Å²) in [4.78, 5) is 24.5. The first-order chi connectivity index (χ1) is 32.5. The first-order valence-electron chi connectivity index (χ1n) is 28.6. The molecule has 0 rings (SSSR count). The molecule has 66 heavy (non-hydrogen) atoms. The number of ether oxygens (including phenoxy) is 1. The normalized spacial score (nSPS) is 13.1. The summed E-state index contributed by atoms with van der Waals surface area (Å²) in [6, 6.07) is -0.647. The van der Waals surface area contributed by atoms with E-state index in [0.29, 0.717) is 19.4 Å². The Hall–Kier alpha value is -2.44. The second-order valence-electron chi connectivity index (χ2n) is 19.3. The molecule has 0 saturated heterocycles. The zero-order chi connectivity index (χ0) is 47.9. The molecular formula is C60H109NO5. The van der Waals surface area contributed by atoms with Gasteiger partial charge in [-0.05, 0) is 96.3 Å². The molecule has 0 fully saturated rings. The Morgan fingerprint density at radius 1 is 0.439 bits per heavy atom. The number of unbranched alkanes of at least 4 members (excludes halogenated alkanes) is 34. The Morgan fingerprint density at radius 3 is 1.27 bits per heavy atom. The molecule has 0 aromatic rings. The SMILES string of the molecule is CCCCC/C=C\C/C=C\CCCCCCCC(=O)OCCCCC/C=C\C=C/CCCCCCCCC(=O)NC(CO)C(O)/C=C/CCCCCCCCCCCCCCCCCCC. The molecule has 6 nitrogen and oxygen atoms in total. The number of hydrogen-bond acceptors (Lipinski definition) is 5. The molecule has 0 bridgehead atoms. The van der Waals surface area contributed by atoms with Crippen molar-refractivity contribution >= 4 is 11.9 Å². The molecule has 384 valence electrons. The van der Waals surface area contributed by atoms with Gasteiger partial charge in [0.1, 0.15) is 0 Å². The number of hydrogen-bond donors (Lipinski definition) is 3. The summed E-state index contributed by atoms with van der Waals surface area (Å²) >= 11 is 0. The van der Waals surface area contributed by atoms with Crippen molar-refractivity contribution in [1.29, 1.82) is 0 Å². The highest BCUT2D eigenvalue weighted by Gasteiger charge is 2.18. The Kier molecular flexibility index (Phi) is 53.1. The van der Waals surface area contributed by atoms with Crippen LogP contribution in [0.1, 0.15) is 284 Å². The Balaban J connectivity index is 3.57. The van der Waals surface area contributed by atoms with Crippen molar-refractivity contribution in [1.82, 2.24) is 5.32 Å². The molecule has 0 aliphatic rings. The molecule has 0 aliphatic carbocycles. The maximum absolute atomic E-state index is 12.5. The number of aliphatic hydroxyl groups is 2. The predicted molar refractivity (Wildman–Crippen MR) is 287 cm³/mol. The quantitative estimate of drug-likeness (QED) is 0.0244. The second-order valence-corrected chi connectivity index (χ2v) is 19.3. The smallest absolute Gasteiger partial charge is 0.305 e. The van der Waals surface area contributed by atoms with E-state index in [1.54, 1.807) is 6.08 Å². The number of esters is 1. The third kappa shape index (κ3) is 51.0. The summed E-state index contributed by atoms with van der Waals surface area (Å²) in [6.07, 6.45) is 70.9.